The van der Waals surface area contributed by atoms with Gasteiger partial charge in [0.2, 0.25) is 0 Å². The minimum Gasteiger partial charge on any atom is -0.394 e. The molecule has 1 aliphatic carbocycles. The van der Waals surface area contributed by atoms with Gasteiger partial charge in [0, 0.05) is 12.1 Å². The average Bonchev–Trinajstić information content (AvgIpc) is 2.32. The zero-order valence-corrected chi connectivity index (χ0v) is 12.6. The number of sulfone groups is 1. The first-order valence-corrected chi connectivity index (χ1v) is 8.60. The molecule has 0 amide bonds. The number of rotatable bonds is 6. The SMILES string of the molecule is CC1CCC(CO)(NCCS(=O)(=O)C(C)C)CC1. The Hall–Kier alpha value is -0.130. The molecule has 0 saturated heterocycles. The van der Waals surface area contributed by atoms with Crippen molar-refractivity contribution in [2.45, 2.75) is 57.2 Å². The zero-order chi connectivity index (χ0) is 13.8. The fourth-order valence-electron chi connectivity index (χ4n) is 2.40. The Labute approximate surface area is 111 Å². The summed E-state index contributed by atoms with van der Waals surface area (Å²) < 4.78 is 23.4. The number of nitrogens with one attached hydrogen (secondary N) is 1. The molecule has 1 aliphatic rings. The van der Waals surface area contributed by atoms with Gasteiger partial charge in [-0.1, -0.05) is 6.92 Å². The van der Waals surface area contributed by atoms with Crippen molar-refractivity contribution in [1.29, 1.82) is 0 Å². The van der Waals surface area contributed by atoms with E-state index in [1.165, 1.54) is 0 Å². The van der Waals surface area contributed by atoms with E-state index in [1.54, 1.807) is 13.8 Å². The second-order valence-corrected chi connectivity index (χ2v) is 8.64. The summed E-state index contributed by atoms with van der Waals surface area (Å²) >= 11 is 0. The van der Waals surface area contributed by atoms with E-state index in [2.05, 4.69) is 12.2 Å². The van der Waals surface area contributed by atoms with Crippen LogP contribution in [0.2, 0.25) is 0 Å². The van der Waals surface area contributed by atoms with E-state index in [-0.39, 0.29) is 23.1 Å². The molecule has 5 heteroatoms. The van der Waals surface area contributed by atoms with Crippen LogP contribution in [0, 0.1) is 5.92 Å². The summed E-state index contributed by atoms with van der Waals surface area (Å²) in [5.41, 5.74) is -0.251. The molecule has 0 unspecified atom stereocenters. The Morgan fingerprint density at radius 2 is 1.89 bits per heavy atom. The fourth-order valence-corrected chi connectivity index (χ4v) is 3.26. The van der Waals surface area contributed by atoms with Crippen LogP contribution in [0.1, 0.15) is 46.5 Å². The van der Waals surface area contributed by atoms with Crippen molar-refractivity contribution in [2.24, 2.45) is 5.92 Å². The van der Waals surface area contributed by atoms with Gasteiger partial charge in [-0.15, -0.1) is 0 Å². The van der Waals surface area contributed by atoms with Crippen LogP contribution in [0.5, 0.6) is 0 Å². The molecule has 0 aromatic carbocycles. The first-order valence-electron chi connectivity index (χ1n) is 6.89. The third-order valence-electron chi connectivity index (χ3n) is 4.14. The van der Waals surface area contributed by atoms with E-state index >= 15 is 0 Å². The first kappa shape index (κ1) is 15.9. The minimum absolute atomic E-state index is 0.0987. The summed E-state index contributed by atoms with van der Waals surface area (Å²) in [7, 11) is -2.99. The standard InChI is InChI=1S/C13H27NO3S/c1-11(2)18(16,17)9-8-14-13(10-15)6-4-12(3)5-7-13/h11-12,14-15H,4-10H2,1-3H3. The molecule has 1 rings (SSSR count). The van der Waals surface area contributed by atoms with Gasteiger partial charge in [0.25, 0.3) is 0 Å². The second-order valence-electron chi connectivity index (χ2n) is 5.96. The van der Waals surface area contributed by atoms with Crippen LogP contribution in [0.4, 0.5) is 0 Å². The predicted molar refractivity (Wildman–Crippen MR) is 74.4 cm³/mol. The average molecular weight is 277 g/mol. The van der Waals surface area contributed by atoms with Crippen molar-refractivity contribution in [2.75, 3.05) is 18.9 Å². The van der Waals surface area contributed by atoms with Gasteiger partial charge in [-0.25, -0.2) is 8.42 Å². The summed E-state index contributed by atoms with van der Waals surface area (Å²) in [6.07, 6.45) is 4.08. The molecule has 2 N–H and O–H groups in total. The highest BCUT2D eigenvalue weighted by molar-refractivity contribution is 7.92. The largest absolute Gasteiger partial charge is 0.394 e. The first-order chi connectivity index (χ1) is 8.31. The Bertz CT molecular complexity index is 343. The molecule has 0 radical (unpaired) electrons. The van der Waals surface area contributed by atoms with Crippen molar-refractivity contribution < 1.29 is 13.5 Å². The van der Waals surface area contributed by atoms with Crippen molar-refractivity contribution >= 4 is 9.84 Å². The Balaban J connectivity index is 2.46. The van der Waals surface area contributed by atoms with Gasteiger partial charge in [-0.3, -0.25) is 0 Å². The number of hydrogen-bond donors (Lipinski definition) is 2. The molecule has 0 aliphatic heterocycles. The quantitative estimate of drug-likeness (QED) is 0.769. The third-order valence-corrected chi connectivity index (χ3v) is 6.35. The van der Waals surface area contributed by atoms with Crippen molar-refractivity contribution in [3.05, 3.63) is 0 Å². The van der Waals surface area contributed by atoms with E-state index in [1.807, 2.05) is 0 Å². The molecule has 0 heterocycles. The maximum atomic E-state index is 11.7. The Kier molecular flexibility index (Phi) is 5.62. The lowest BCUT2D eigenvalue weighted by molar-refractivity contribution is 0.108. The molecule has 0 aromatic heterocycles. The molecule has 4 nitrogen and oxygen atoms in total. The van der Waals surface area contributed by atoms with E-state index < -0.39 is 9.84 Å². The molecule has 0 bridgehead atoms. The van der Waals surface area contributed by atoms with Gasteiger partial charge in [0.1, 0.15) is 0 Å². The summed E-state index contributed by atoms with van der Waals surface area (Å²) in [5, 5.41) is 12.5. The van der Waals surface area contributed by atoms with E-state index in [9.17, 15) is 13.5 Å². The smallest absolute Gasteiger partial charge is 0.153 e. The van der Waals surface area contributed by atoms with Crippen LogP contribution in [-0.2, 0) is 9.84 Å². The van der Waals surface area contributed by atoms with Gasteiger partial charge < -0.3 is 10.4 Å². The lowest BCUT2D eigenvalue weighted by Crippen LogP contribution is -2.52. The highest BCUT2D eigenvalue weighted by atomic mass is 32.2. The minimum atomic E-state index is -2.99. The summed E-state index contributed by atoms with van der Waals surface area (Å²) in [4.78, 5) is 0. The molecule has 0 atom stereocenters. The molecule has 1 fully saturated rings. The zero-order valence-electron chi connectivity index (χ0n) is 11.8. The lowest BCUT2D eigenvalue weighted by Gasteiger charge is -2.39. The van der Waals surface area contributed by atoms with E-state index in [4.69, 9.17) is 0 Å². The topological polar surface area (TPSA) is 66.4 Å². The van der Waals surface area contributed by atoms with Crippen molar-refractivity contribution in [1.82, 2.24) is 5.32 Å². The van der Waals surface area contributed by atoms with Gasteiger partial charge in [0.15, 0.2) is 9.84 Å². The lowest BCUT2D eigenvalue weighted by atomic mass is 9.77. The normalized spacial score (nSPS) is 29.7. The molecule has 0 spiro atoms. The van der Waals surface area contributed by atoms with E-state index in [0.29, 0.717) is 12.5 Å². The number of aliphatic hydroxyl groups excluding tert-OH is 1. The fraction of sp³-hybridized carbons (Fsp3) is 1.00. The van der Waals surface area contributed by atoms with Crippen LogP contribution in [0.15, 0.2) is 0 Å². The molecule has 1 saturated carbocycles. The van der Waals surface area contributed by atoms with Crippen LogP contribution in [0.25, 0.3) is 0 Å². The van der Waals surface area contributed by atoms with Crippen LogP contribution in [0.3, 0.4) is 0 Å². The molecule has 108 valence electrons. The van der Waals surface area contributed by atoms with Crippen molar-refractivity contribution in [3.63, 3.8) is 0 Å². The highest BCUT2D eigenvalue weighted by Gasteiger charge is 2.33. The molecular formula is C13H27NO3S. The van der Waals surface area contributed by atoms with Crippen molar-refractivity contribution in [3.8, 4) is 0 Å². The second kappa shape index (κ2) is 6.35. The number of hydrogen-bond acceptors (Lipinski definition) is 4. The highest BCUT2D eigenvalue weighted by Crippen LogP contribution is 2.31. The van der Waals surface area contributed by atoms with Gasteiger partial charge >= 0.3 is 0 Å². The van der Waals surface area contributed by atoms with Crippen LogP contribution >= 0.6 is 0 Å². The third kappa shape index (κ3) is 4.21. The number of aliphatic hydroxyl groups is 1. The Morgan fingerprint density at radius 3 is 2.33 bits per heavy atom. The molecule has 0 aromatic rings. The van der Waals surface area contributed by atoms with Crippen LogP contribution < -0.4 is 5.32 Å². The predicted octanol–water partition coefficient (Wildman–Crippen LogP) is 1.34. The van der Waals surface area contributed by atoms with Gasteiger partial charge in [-0.2, -0.15) is 0 Å². The Morgan fingerprint density at radius 1 is 1.33 bits per heavy atom. The molecular weight excluding hydrogens is 250 g/mol. The van der Waals surface area contributed by atoms with Gasteiger partial charge in [-0.05, 0) is 45.4 Å². The van der Waals surface area contributed by atoms with Gasteiger partial charge in [0.05, 0.1) is 17.6 Å². The summed E-state index contributed by atoms with van der Waals surface area (Å²) in [6, 6.07) is 0. The monoisotopic (exact) mass is 277 g/mol. The maximum Gasteiger partial charge on any atom is 0.153 e. The summed E-state index contributed by atoms with van der Waals surface area (Å²) in [5.74, 6) is 0.869. The van der Waals surface area contributed by atoms with Crippen LogP contribution in [-0.4, -0.2) is 43.2 Å². The maximum absolute atomic E-state index is 11.7. The van der Waals surface area contributed by atoms with E-state index in [0.717, 1.165) is 25.7 Å². The molecule has 18 heavy (non-hydrogen) atoms. The summed E-state index contributed by atoms with van der Waals surface area (Å²) in [6.45, 7) is 6.18.